The molecule has 0 aromatic carbocycles. The monoisotopic (exact) mass is 239 g/mol. The van der Waals surface area contributed by atoms with Gasteiger partial charge in [0.1, 0.15) is 5.82 Å². The van der Waals surface area contributed by atoms with E-state index in [0.29, 0.717) is 25.6 Å². The number of ether oxygens (including phenoxy) is 1. The minimum absolute atomic E-state index is 0.0441. The largest absolute Gasteiger partial charge is 0.476 e. The van der Waals surface area contributed by atoms with E-state index in [2.05, 4.69) is 9.97 Å². The molecule has 0 bridgehead atoms. The van der Waals surface area contributed by atoms with Gasteiger partial charge in [0, 0.05) is 19.7 Å². The summed E-state index contributed by atoms with van der Waals surface area (Å²) >= 11 is 0. The summed E-state index contributed by atoms with van der Waals surface area (Å²) < 4.78 is 5.26. The third-order valence-corrected chi connectivity index (χ3v) is 2.26. The molecule has 0 unspecified atom stereocenters. The number of aromatic carboxylic acids is 1. The molecule has 0 fully saturated rings. The Balaban J connectivity index is 2.73. The number of carboxylic acid groups (broad SMARTS) is 1. The molecule has 0 spiro atoms. The highest BCUT2D eigenvalue weighted by Crippen LogP contribution is 2.09. The van der Waals surface area contributed by atoms with Crippen molar-refractivity contribution in [3.63, 3.8) is 0 Å². The summed E-state index contributed by atoms with van der Waals surface area (Å²) in [6.45, 7) is 6.55. The Labute approximate surface area is 100 Å². The molecule has 0 aliphatic carbocycles. The lowest BCUT2D eigenvalue weighted by Crippen LogP contribution is -2.28. The van der Waals surface area contributed by atoms with E-state index in [0.717, 1.165) is 6.54 Å². The number of likely N-dealkylation sites (N-methyl/N-ethyl adjacent to an activating group) is 1. The molecule has 1 heterocycles. The number of hydrogen-bond acceptors (Lipinski definition) is 5. The van der Waals surface area contributed by atoms with Crippen molar-refractivity contribution in [3.05, 3.63) is 18.1 Å². The summed E-state index contributed by atoms with van der Waals surface area (Å²) in [5.41, 5.74) is -0.0441. The Hall–Kier alpha value is -1.69. The summed E-state index contributed by atoms with van der Waals surface area (Å²) in [7, 11) is 0. The standard InChI is InChI=1S/C11H17N3O3/c1-3-14(5-6-17-4-2)10-8-12-7-9(13-10)11(15)16/h7-8H,3-6H2,1-2H3,(H,15,16). The van der Waals surface area contributed by atoms with Crippen LogP contribution in [-0.4, -0.2) is 47.3 Å². The molecule has 6 heteroatoms. The summed E-state index contributed by atoms with van der Waals surface area (Å²) in [4.78, 5) is 20.6. The highest BCUT2D eigenvalue weighted by atomic mass is 16.5. The maximum Gasteiger partial charge on any atom is 0.356 e. The fraction of sp³-hybridized carbons (Fsp3) is 0.545. The van der Waals surface area contributed by atoms with Crippen LogP contribution >= 0.6 is 0 Å². The van der Waals surface area contributed by atoms with E-state index in [1.807, 2.05) is 18.7 Å². The van der Waals surface area contributed by atoms with Crippen LogP contribution in [0.2, 0.25) is 0 Å². The Morgan fingerprint density at radius 3 is 2.82 bits per heavy atom. The number of carbonyl (C=O) groups is 1. The zero-order chi connectivity index (χ0) is 12.7. The zero-order valence-corrected chi connectivity index (χ0v) is 10.1. The lowest BCUT2D eigenvalue weighted by molar-refractivity contribution is 0.0690. The Morgan fingerprint density at radius 2 is 2.24 bits per heavy atom. The van der Waals surface area contributed by atoms with Crippen molar-refractivity contribution in [1.29, 1.82) is 0 Å². The SMILES string of the molecule is CCOCCN(CC)c1cncc(C(=O)O)n1. The third kappa shape index (κ3) is 3.99. The molecule has 1 N–H and O–H groups in total. The molecule has 0 aliphatic heterocycles. The van der Waals surface area contributed by atoms with Crippen molar-refractivity contribution in [3.8, 4) is 0 Å². The average Bonchev–Trinajstić information content (AvgIpc) is 2.35. The van der Waals surface area contributed by atoms with Crippen molar-refractivity contribution < 1.29 is 14.6 Å². The van der Waals surface area contributed by atoms with Crippen molar-refractivity contribution in [2.45, 2.75) is 13.8 Å². The molecule has 1 rings (SSSR count). The molecule has 0 saturated heterocycles. The maximum absolute atomic E-state index is 10.8. The fourth-order valence-corrected chi connectivity index (χ4v) is 1.36. The van der Waals surface area contributed by atoms with Crippen molar-refractivity contribution >= 4 is 11.8 Å². The Bertz CT molecular complexity index is 371. The normalized spacial score (nSPS) is 10.2. The topological polar surface area (TPSA) is 75.5 Å². The van der Waals surface area contributed by atoms with E-state index < -0.39 is 5.97 Å². The number of nitrogens with zero attached hydrogens (tertiary/aromatic N) is 3. The molecule has 1 aromatic rings. The first-order valence-electron chi connectivity index (χ1n) is 5.57. The first kappa shape index (κ1) is 13.4. The van der Waals surface area contributed by atoms with Crippen molar-refractivity contribution in [1.82, 2.24) is 9.97 Å². The quantitative estimate of drug-likeness (QED) is 0.716. The van der Waals surface area contributed by atoms with Gasteiger partial charge in [-0.2, -0.15) is 0 Å². The van der Waals surface area contributed by atoms with Crippen LogP contribution in [0.5, 0.6) is 0 Å². The summed E-state index contributed by atoms with van der Waals surface area (Å²) in [5, 5.41) is 8.83. The van der Waals surface area contributed by atoms with E-state index in [9.17, 15) is 4.79 Å². The number of aromatic nitrogens is 2. The predicted octanol–water partition coefficient (Wildman–Crippen LogP) is 1.04. The third-order valence-electron chi connectivity index (χ3n) is 2.26. The molecule has 0 aliphatic rings. The fourth-order valence-electron chi connectivity index (χ4n) is 1.36. The molecular formula is C11H17N3O3. The Kier molecular flexibility index (Phi) is 5.35. The van der Waals surface area contributed by atoms with Crippen LogP contribution in [0.15, 0.2) is 12.4 Å². The van der Waals surface area contributed by atoms with Gasteiger partial charge in [-0.3, -0.25) is 4.98 Å². The van der Waals surface area contributed by atoms with E-state index in [1.54, 1.807) is 6.20 Å². The molecule has 0 radical (unpaired) electrons. The molecule has 0 atom stereocenters. The summed E-state index contributed by atoms with van der Waals surface area (Å²) in [5.74, 6) is -0.507. The number of rotatable bonds is 7. The molecule has 0 amide bonds. The van der Waals surface area contributed by atoms with Crippen LogP contribution in [0, 0.1) is 0 Å². The smallest absolute Gasteiger partial charge is 0.356 e. The summed E-state index contributed by atoms with van der Waals surface area (Å²) in [6, 6.07) is 0. The molecule has 0 saturated carbocycles. The second kappa shape index (κ2) is 6.80. The first-order valence-corrected chi connectivity index (χ1v) is 5.57. The number of hydrogen-bond donors (Lipinski definition) is 1. The minimum atomic E-state index is -1.07. The van der Waals surface area contributed by atoms with Crippen LogP contribution in [0.4, 0.5) is 5.82 Å². The lowest BCUT2D eigenvalue weighted by Gasteiger charge is -2.21. The van der Waals surface area contributed by atoms with E-state index in [4.69, 9.17) is 9.84 Å². The van der Waals surface area contributed by atoms with Gasteiger partial charge in [-0.25, -0.2) is 9.78 Å². The molecular weight excluding hydrogens is 222 g/mol. The highest BCUT2D eigenvalue weighted by molar-refractivity contribution is 5.85. The summed E-state index contributed by atoms with van der Waals surface area (Å²) in [6.07, 6.45) is 2.80. The van der Waals surface area contributed by atoms with Gasteiger partial charge >= 0.3 is 5.97 Å². The molecule has 1 aromatic heterocycles. The second-order valence-corrected chi connectivity index (χ2v) is 3.34. The van der Waals surface area contributed by atoms with Crippen LogP contribution in [-0.2, 0) is 4.74 Å². The molecule has 94 valence electrons. The van der Waals surface area contributed by atoms with Gasteiger partial charge in [-0.15, -0.1) is 0 Å². The first-order chi connectivity index (χ1) is 8.19. The number of anilines is 1. The van der Waals surface area contributed by atoms with Crippen LogP contribution in [0.1, 0.15) is 24.3 Å². The Morgan fingerprint density at radius 1 is 1.47 bits per heavy atom. The van der Waals surface area contributed by atoms with Crippen molar-refractivity contribution in [2.75, 3.05) is 31.2 Å². The van der Waals surface area contributed by atoms with Gasteiger partial charge in [0.2, 0.25) is 0 Å². The zero-order valence-electron chi connectivity index (χ0n) is 10.1. The van der Waals surface area contributed by atoms with Gasteiger partial charge in [0.15, 0.2) is 5.69 Å². The van der Waals surface area contributed by atoms with Gasteiger partial charge in [0.25, 0.3) is 0 Å². The van der Waals surface area contributed by atoms with Crippen molar-refractivity contribution in [2.24, 2.45) is 0 Å². The number of carboxylic acids is 1. The lowest BCUT2D eigenvalue weighted by atomic mass is 10.4. The molecule has 6 nitrogen and oxygen atoms in total. The average molecular weight is 239 g/mol. The van der Waals surface area contributed by atoms with Crippen LogP contribution in [0.25, 0.3) is 0 Å². The predicted molar refractivity (Wildman–Crippen MR) is 63.4 cm³/mol. The second-order valence-electron chi connectivity index (χ2n) is 3.34. The van der Waals surface area contributed by atoms with E-state index in [1.165, 1.54) is 6.20 Å². The highest BCUT2D eigenvalue weighted by Gasteiger charge is 2.10. The maximum atomic E-state index is 10.8. The van der Waals surface area contributed by atoms with Gasteiger partial charge in [-0.05, 0) is 13.8 Å². The molecule has 17 heavy (non-hydrogen) atoms. The minimum Gasteiger partial charge on any atom is -0.476 e. The van der Waals surface area contributed by atoms with Gasteiger partial charge in [0.05, 0.1) is 19.0 Å². The van der Waals surface area contributed by atoms with Crippen LogP contribution in [0.3, 0.4) is 0 Å². The van der Waals surface area contributed by atoms with Gasteiger partial charge in [-0.1, -0.05) is 0 Å². The van der Waals surface area contributed by atoms with Crippen LogP contribution < -0.4 is 4.90 Å². The van der Waals surface area contributed by atoms with E-state index >= 15 is 0 Å². The van der Waals surface area contributed by atoms with Gasteiger partial charge < -0.3 is 14.7 Å². The van der Waals surface area contributed by atoms with E-state index in [-0.39, 0.29) is 5.69 Å².